The minimum Gasteiger partial charge on any atom is -0.455 e. The normalized spacial score (nSPS) is 14.2. The van der Waals surface area contributed by atoms with Crippen LogP contribution >= 0.6 is 15.9 Å². The van der Waals surface area contributed by atoms with Gasteiger partial charge in [-0.2, -0.15) is 5.10 Å². The summed E-state index contributed by atoms with van der Waals surface area (Å²) in [5.74, 6) is 0.418. The van der Waals surface area contributed by atoms with Crippen molar-refractivity contribution in [2.45, 2.75) is 40.0 Å². The molecule has 1 aliphatic carbocycles. The number of benzene rings is 2. The molecule has 0 fully saturated rings. The summed E-state index contributed by atoms with van der Waals surface area (Å²) in [4.78, 5) is 25.5. The zero-order chi connectivity index (χ0) is 22.8. The fraction of sp³-hybridized carbons (Fsp3) is 0.240. The van der Waals surface area contributed by atoms with Crippen LogP contribution in [0.25, 0.3) is 0 Å². The number of aryl methyl sites for hydroxylation is 3. The summed E-state index contributed by atoms with van der Waals surface area (Å²) in [6, 6.07) is 13.1. The Kier molecular flexibility index (Phi) is 6.28. The highest BCUT2D eigenvalue weighted by Gasteiger charge is 2.28. The molecule has 164 valence electrons. The third-order valence-corrected chi connectivity index (χ3v) is 6.26. The second-order valence-electron chi connectivity index (χ2n) is 7.96. The number of hydrogen-bond acceptors (Lipinski definition) is 4. The molecule has 0 aliphatic heterocycles. The van der Waals surface area contributed by atoms with Gasteiger partial charge in [-0.05, 0) is 73.3 Å². The first-order chi connectivity index (χ1) is 15.3. The molecule has 32 heavy (non-hydrogen) atoms. The van der Waals surface area contributed by atoms with Gasteiger partial charge in [0, 0.05) is 27.7 Å². The van der Waals surface area contributed by atoms with Gasteiger partial charge in [-0.1, -0.05) is 29.8 Å². The van der Waals surface area contributed by atoms with Gasteiger partial charge < -0.3 is 9.73 Å². The summed E-state index contributed by atoms with van der Waals surface area (Å²) < 4.78 is 6.66. The van der Waals surface area contributed by atoms with E-state index in [9.17, 15) is 9.59 Å². The van der Waals surface area contributed by atoms with Gasteiger partial charge in [0.2, 0.25) is 0 Å². The van der Waals surface area contributed by atoms with Crippen LogP contribution in [0.3, 0.4) is 0 Å². The maximum absolute atomic E-state index is 13.0. The van der Waals surface area contributed by atoms with Gasteiger partial charge in [0.15, 0.2) is 5.76 Å². The summed E-state index contributed by atoms with van der Waals surface area (Å²) in [5, 5.41) is 7.34. The van der Waals surface area contributed by atoms with Gasteiger partial charge in [-0.3, -0.25) is 9.59 Å². The highest BCUT2D eigenvalue weighted by Crippen LogP contribution is 2.30. The molecule has 0 atom stereocenters. The van der Waals surface area contributed by atoms with Crippen molar-refractivity contribution in [3.63, 3.8) is 0 Å². The molecule has 1 aromatic heterocycles. The summed E-state index contributed by atoms with van der Waals surface area (Å²) in [5.41, 5.74) is 8.30. The van der Waals surface area contributed by atoms with Crippen LogP contribution in [0.15, 0.2) is 56.5 Å². The number of hydrogen-bond donors (Lipinski definition) is 2. The van der Waals surface area contributed by atoms with Crippen molar-refractivity contribution in [2.24, 2.45) is 5.10 Å². The van der Waals surface area contributed by atoms with E-state index >= 15 is 0 Å². The molecule has 0 spiro atoms. The largest absolute Gasteiger partial charge is 0.455 e. The van der Waals surface area contributed by atoms with E-state index in [-0.39, 0.29) is 17.6 Å². The number of fused-ring (bicyclic) bond motifs is 1. The standard InChI is InChI=1S/C25H24BrN3O3/c1-14-11-12-19(15(2)13-14)27-25(31)23-16(3)22-20(9-6-10-21(22)32-23)28-29-24(30)17-7-4-5-8-18(17)26/h4-5,7-8,11-13H,6,9-10H2,1-3H3,(H,27,31)(H,29,30)/b28-20+. The van der Waals surface area contributed by atoms with Gasteiger partial charge in [0.05, 0.1) is 11.3 Å². The monoisotopic (exact) mass is 493 g/mol. The second kappa shape index (κ2) is 9.12. The lowest BCUT2D eigenvalue weighted by Gasteiger charge is -2.13. The van der Waals surface area contributed by atoms with E-state index < -0.39 is 0 Å². The van der Waals surface area contributed by atoms with Crippen LogP contribution in [0, 0.1) is 20.8 Å². The summed E-state index contributed by atoms with van der Waals surface area (Å²) in [6.45, 7) is 5.83. The smallest absolute Gasteiger partial charge is 0.291 e. The molecule has 2 aromatic carbocycles. The number of amides is 2. The number of carbonyl (C=O) groups is 2. The molecule has 0 unspecified atom stereocenters. The third-order valence-electron chi connectivity index (χ3n) is 5.57. The molecule has 4 rings (SSSR count). The zero-order valence-electron chi connectivity index (χ0n) is 18.2. The molecule has 1 heterocycles. The van der Waals surface area contributed by atoms with E-state index in [1.165, 1.54) is 0 Å². The summed E-state index contributed by atoms with van der Waals surface area (Å²) >= 11 is 3.39. The van der Waals surface area contributed by atoms with Gasteiger partial charge in [-0.25, -0.2) is 5.43 Å². The Morgan fingerprint density at radius 3 is 2.56 bits per heavy atom. The maximum Gasteiger partial charge on any atom is 0.291 e. The van der Waals surface area contributed by atoms with Crippen LogP contribution in [0.4, 0.5) is 5.69 Å². The summed E-state index contributed by atoms with van der Waals surface area (Å²) in [7, 11) is 0. The lowest BCUT2D eigenvalue weighted by Crippen LogP contribution is -2.22. The molecule has 3 aromatic rings. The molecule has 0 saturated carbocycles. The Balaban J connectivity index is 1.58. The SMILES string of the molecule is Cc1ccc(NC(=O)c2oc3c(c2C)/C(=N/NC(=O)c2ccccc2Br)CCC3)c(C)c1. The number of furan rings is 1. The first kappa shape index (κ1) is 22.0. The Labute approximate surface area is 195 Å². The molecule has 6 nitrogen and oxygen atoms in total. The number of hydrazone groups is 1. The maximum atomic E-state index is 13.0. The molecule has 0 saturated heterocycles. The van der Waals surface area contributed by atoms with E-state index in [1.54, 1.807) is 12.1 Å². The quantitative estimate of drug-likeness (QED) is 0.457. The van der Waals surface area contributed by atoms with Gasteiger partial charge in [0.1, 0.15) is 5.76 Å². The third kappa shape index (κ3) is 4.39. The van der Waals surface area contributed by atoms with Crippen molar-refractivity contribution in [1.82, 2.24) is 5.43 Å². The van der Waals surface area contributed by atoms with Crippen molar-refractivity contribution >= 4 is 39.1 Å². The van der Waals surface area contributed by atoms with Crippen LogP contribution in [0.1, 0.15) is 61.8 Å². The summed E-state index contributed by atoms with van der Waals surface area (Å²) in [6.07, 6.45) is 2.26. The lowest BCUT2D eigenvalue weighted by atomic mass is 9.93. The minimum atomic E-state index is -0.300. The fourth-order valence-electron chi connectivity index (χ4n) is 3.95. The predicted octanol–water partition coefficient (Wildman–Crippen LogP) is 5.69. The van der Waals surface area contributed by atoms with Crippen LogP contribution < -0.4 is 10.7 Å². The minimum absolute atomic E-state index is 0.279. The van der Waals surface area contributed by atoms with E-state index in [2.05, 4.69) is 31.8 Å². The lowest BCUT2D eigenvalue weighted by molar-refractivity contribution is 0.0952. The molecule has 0 radical (unpaired) electrons. The molecular formula is C25H24BrN3O3. The Morgan fingerprint density at radius 1 is 1.03 bits per heavy atom. The number of nitrogens with zero attached hydrogens (tertiary/aromatic N) is 1. The van der Waals surface area contributed by atoms with Crippen molar-refractivity contribution < 1.29 is 14.0 Å². The van der Waals surface area contributed by atoms with Crippen molar-refractivity contribution in [2.75, 3.05) is 5.32 Å². The Hall–Kier alpha value is -3.19. The number of carbonyl (C=O) groups excluding carboxylic acids is 2. The fourth-order valence-corrected chi connectivity index (χ4v) is 4.42. The number of anilines is 1. The molecule has 7 heteroatoms. The highest BCUT2D eigenvalue weighted by atomic mass is 79.9. The Bertz CT molecular complexity index is 1240. The molecule has 2 amide bonds. The Morgan fingerprint density at radius 2 is 1.81 bits per heavy atom. The van der Waals surface area contributed by atoms with E-state index in [0.717, 1.165) is 52.3 Å². The highest BCUT2D eigenvalue weighted by molar-refractivity contribution is 9.10. The van der Waals surface area contributed by atoms with Crippen molar-refractivity contribution in [3.8, 4) is 0 Å². The molecular weight excluding hydrogens is 470 g/mol. The second-order valence-corrected chi connectivity index (χ2v) is 8.81. The van der Waals surface area contributed by atoms with Crippen LogP contribution in [-0.2, 0) is 6.42 Å². The molecule has 2 N–H and O–H groups in total. The van der Waals surface area contributed by atoms with Crippen LogP contribution in [0.5, 0.6) is 0 Å². The predicted molar refractivity (Wildman–Crippen MR) is 128 cm³/mol. The van der Waals surface area contributed by atoms with Crippen LogP contribution in [0.2, 0.25) is 0 Å². The van der Waals surface area contributed by atoms with E-state index in [0.29, 0.717) is 16.5 Å². The molecule has 0 bridgehead atoms. The van der Waals surface area contributed by atoms with E-state index in [1.807, 2.05) is 51.1 Å². The average molecular weight is 494 g/mol. The number of rotatable bonds is 4. The topological polar surface area (TPSA) is 83.7 Å². The van der Waals surface area contributed by atoms with Gasteiger partial charge >= 0.3 is 0 Å². The van der Waals surface area contributed by atoms with Crippen molar-refractivity contribution in [1.29, 1.82) is 0 Å². The molecule has 1 aliphatic rings. The van der Waals surface area contributed by atoms with Crippen molar-refractivity contribution in [3.05, 3.63) is 86.3 Å². The number of nitrogens with one attached hydrogen (secondary N) is 2. The van der Waals surface area contributed by atoms with Gasteiger partial charge in [0.25, 0.3) is 11.8 Å². The zero-order valence-corrected chi connectivity index (χ0v) is 19.8. The average Bonchev–Trinajstić information content (AvgIpc) is 3.11. The van der Waals surface area contributed by atoms with E-state index in [4.69, 9.17) is 4.42 Å². The first-order valence-corrected chi connectivity index (χ1v) is 11.3. The number of halogens is 1. The van der Waals surface area contributed by atoms with Crippen LogP contribution in [-0.4, -0.2) is 17.5 Å². The van der Waals surface area contributed by atoms with Gasteiger partial charge in [-0.15, -0.1) is 0 Å². The first-order valence-electron chi connectivity index (χ1n) is 10.5.